The van der Waals surface area contributed by atoms with Crippen LogP contribution in [-0.2, 0) is 6.54 Å². The van der Waals surface area contributed by atoms with Gasteiger partial charge in [0, 0.05) is 11.6 Å². The molecular formula is C14H17ClN2S. The Morgan fingerprint density at radius 1 is 1.28 bits per heavy atom. The van der Waals surface area contributed by atoms with E-state index in [0.717, 1.165) is 33.3 Å². The average molecular weight is 281 g/mol. The minimum atomic E-state index is 0.767. The molecule has 1 aliphatic rings. The van der Waals surface area contributed by atoms with Crippen molar-refractivity contribution in [1.82, 2.24) is 9.55 Å². The van der Waals surface area contributed by atoms with Gasteiger partial charge in [0.05, 0.1) is 11.0 Å². The van der Waals surface area contributed by atoms with Crippen LogP contribution in [0.5, 0.6) is 0 Å². The molecule has 1 aromatic carbocycles. The Morgan fingerprint density at radius 2 is 2.06 bits per heavy atom. The molecule has 1 fully saturated rings. The number of rotatable bonds is 2. The summed E-state index contributed by atoms with van der Waals surface area (Å²) in [5.74, 6) is 0.767. The van der Waals surface area contributed by atoms with Crippen LogP contribution in [0.1, 0.15) is 32.1 Å². The molecule has 18 heavy (non-hydrogen) atoms. The van der Waals surface area contributed by atoms with E-state index >= 15 is 0 Å². The van der Waals surface area contributed by atoms with Gasteiger partial charge in [0.25, 0.3) is 0 Å². The first-order valence-corrected chi connectivity index (χ1v) is 7.41. The average Bonchev–Trinajstić information content (AvgIpc) is 2.67. The summed E-state index contributed by atoms with van der Waals surface area (Å²) in [5.41, 5.74) is 2.22. The molecule has 4 heteroatoms. The molecule has 1 N–H and O–H groups in total. The molecule has 0 atom stereocenters. The lowest BCUT2D eigenvalue weighted by Crippen LogP contribution is -2.14. The van der Waals surface area contributed by atoms with Gasteiger partial charge in [-0.15, -0.1) is 0 Å². The van der Waals surface area contributed by atoms with Crippen LogP contribution in [0.3, 0.4) is 0 Å². The fraction of sp³-hybridized carbons (Fsp3) is 0.500. The van der Waals surface area contributed by atoms with Gasteiger partial charge in [0.1, 0.15) is 0 Å². The maximum atomic E-state index is 6.08. The van der Waals surface area contributed by atoms with Crippen molar-refractivity contribution in [3.05, 3.63) is 28.0 Å². The van der Waals surface area contributed by atoms with Gasteiger partial charge < -0.3 is 9.55 Å². The molecule has 1 heterocycles. The molecular weight excluding hydrogens is 264 g/mol. The van der Waals surface area contributed by atoms with Gasteiger partial charge in [-0.2, -0.15) is 0 Å². The Hall–Kier alpha value is -0.800. The molecule has 0 amide bonds. The number of hydrogen-bond acceptors (Lipinski definition) is 1. The van der Waals surface area contributed by atoms with Gasteiger partial charge in [0.2, 0.25) is 0 Å². The zero-order chi connectivity index (χ0) is 12.5. The van der Waals surface area contributed by atoms with Crippen LogP contribution in [0.4, 0.5) is 0 Å². The second-order valence-electron chi connectivity index (χ2n) is 5.21. The SMILES string of the molecule is S=c1[nH]c2ccc(Cl)cc2n1CC1CCCCC1. The predicted molar refractivity (Wildman–Crippen MR) is 78.7 cm³/mol. The number of halogens is 1. The van der Waals surface area contributed by atoms with E-state index in [9.17, 15) is 0 Å². The largest absolute Gasteiger partial charge is 0.331 e. The summed E-state index contributed by atoms with van der Waals surface area (Å²) in [6.45, 7) is 1.03. The van der Waals surface area contributed by atoms with Crippen molar-refractivity contribution in [2.75, 3.05) is 0 Å². The topological polar surface area (TPSA) is 20.7 Å². The van der Waals surface area contributed by atoms with Crippen molar-refractivity contribution in [1.29, 1.82) is 0 Å². The third-order valence-corrected chi connectivity index (χ3v) is 4.46. The van der Waals surface area contributed by atoms with Crippen LogP contribution >= 0.6 is 23.8 Å². The zero-order valence-corrected chi connectivity index (χ0v) is 11.9. The van der Waals surface area contributed by atoms with Gasteiger partial charge in [0.15, 0.2) is 4.77 Å². The summed E-state index contributed by atoms with van der Waals surface area (Å²) in [6.07, 6.45) is 6.77. The number of imidazole rings is 1. The van der Waals surface area contributed by atoms with E-state index in [2.05, 4.69) is 9.55 Å². The maximum absolute atomic E-state index is 6.08. The molecule has 1 aliphatic carbocycles. The van der Waals surface area contributed by atoms with E-state index in [1.807, 2.05) is 18.2 Å². The third kappa shape index (κ3) is 2.34. The molecule has 0 saturated heterocycles. The Balaban J connectivity index is 1.97. The van der Waals surface area contributed by atoms with E-state index in [0.29, 0.717) is 0 Å². The summed E-state index contributed by atoms with van der Waals surface area (Å²) in [4.78, 5) is 3.26. The first-order valence-electron chi connectivity index (χ1n) is 6.62. The van der Waals surface area contributed by atoms with Crippen molar-refractivity contribution in [2.45, 2.75) is 38.6 Å². The van der Waals surface area contributed by atoms with Gasteiger partial charge in [-0.3, -0.25) is 0 Å². The second-order valence-corrected chi connectivity index (χ2v) is 6.03. The van der Waals surface area contributed by atoms with E-state index in [-0.39, 0.29) is 0 Å². The quantitative estimate of drug-likeness (QED) is 0.773. The predicted octanol–water partition coefficient (Wildman–Crippen LogP) is 4.93. The van der Waals surface area contributed by atoms with Gasteiger partial charge in [-0.05, 0) is 49.2 Å². The minimum absolute atomic E-state index is 0.767. The molecule has 0 aliphatic heterocycles. The minimum Gasteiger partial charge on any atom is -0.331 e. The number of nitrogens with one attached hydrogen (secondary N) is 1. The number of benzene rings is 1. The highest BCUT2D eigenvalue weighted by molar-refractivity contribution is 7.71. The number of hydrogen-bond donors (Lipinski definition) is 1. The Bertz CT molecular complexity index is 608. The Morgan fingerprint density at radius 3 is 2.83 bits per heavy atom. The summed E-state index contributed by atoms with van der Waals surface area (Å²) < 4.78 is 3.03. The Kier molecular flexibility index (Phi) is 3.44. The summed E-state index contributed by atoms with van der Waals surface area (Å²) in [6, 6.07) is 5.91. The van der Waals surface area contributed by atoms with Crippen molar-refractivity contribution < 1.29 is 0 Å². The highest BCUT2D eigenvalue weighted by Crippen LogP contribution is 2.27. The van der Waals surface area contributed by atoms with Crippen molar-refractivity contribution >= 4 is 34.9 Å². The molecule has 0 bridgehead atoms. The molecule has 2 aromatic rings. The normalized spacial score (nSPS) is 17.4. The lowest BCUT2D eigenvalue weighted by atomic mass is 9.89. The highest BCUT2D eigenvalue weighted by Gasteiger charge is 2.15. The second kappa shape index (κ2) is 5.06. The zero-order valence-electron chi connectivity index (χ0n) is 10.3. The number of aromatic amines is 1. The van der Waals surface area contributed by atoms with Gasteiger partial charge in [-0.1, -0.05) is 30.9 Å². The lowest BCUT2D eigenvalue weighted by Gasteiger charge is -2.22. The highest BCUT2D eigenvalue weighted by atomic mass is 35.5. The molecule has 96 valence electrons. The van der Waals surface area contributed by atoms with Crippen LogP contribution in [-0.4, -0.2) is 9.55 Å². The number of aromatic nitrogens is 2. The van der Waals surface area contributed by atoms with Crippen LogP contribution in [0.2, 0.25) is 5.02 Å². The molecule has 0 spiro atoms. The van der Waals surface area contributed by atoms with Crippen LogP contribution < -0.4 is 0 Å². The molecule has 2 nitrogen and oxygen atoms in total. The maximum Gasteiger partial charge on any atom is 0.178 e. The third-order valence-electron chi connectivity index (χ3n) is 3.90. The van der Waals surface area contributed by atoms with Crippen molar-refractivity contribution in [2.24, 2.45) is 5.92 Å². The first-order chi connectivity index (χ1) is 8.74. The molecule has 1 saturated carbocycles. The van der Waals surface area contributed by atoms with Crippen LogP contribution in [0.15, 0.2) is 18.2 Å². The summed E-state index contributed by atoms with van der Waals surface area (Å²) in [5, 5.41) is 0.772. The van der Waals surface area contributed by atoms with E-state index in [1.165, 1.54) is 32.1 Å². The first kappa shape index (κ1) is 12.2. The van der Waals surface area contributed by atoms with Gasteiger partial charge in [-0.25, -0.2) is 0 Å². The van der Waals surface area contributed by atoms with Crippen LogP contribution in [0, 0.1) is 10.7 Å². The van der Waals surface area contributed by atoms with E-state index in [1.54, 1.807) is 0 Å². The van der Waals surface area contributed by atoms with Crippen molar-refractivity contribution in [3.63, 3.8) is 0 Å². The summed E-state index contributed by atoms with van der Waals surface area (Å²) in [7, 11) is 0. The number of nitrogens with zero attached hydrogens (tertiary/aromatic N) is 1. The van der Waals surface area contributed by atoms with Gasteiger partial charge >= 0.3 is 0 Å². The smallest absolute Gasteiger partial charge is 0.178 e. The summed E-state index contributed by atoms with van der Waals surface area (Å²) >= 11 is 11.5. The van der Waals surface area contributed by atoms with E-state index in [4.69, 9.17) is 23.8 Å². The molecule has 3 rings (SSSR count). The van der Waals surface area contributed by atoms with Crippen molar-refractivity contribution in [3.8, 4) is 0 Å². The van der Waals surface area contributed by atoms with Crippen LogP contribution in [0.25, 0.3) is 11.0 Å². The molecule has 1 aromatic heterocycles. The monoisotopic (exact) mass is 280 g/mol. The molecule has 0 radical (unpaired) electrons. The standard InChI is InChI=1S/C14H17ClN2S/c15-11-6-7-12-13(8-11)17(14(18)16-12)9-10-4-2-1-3-5-10/h6-8,10H,1-5,9H2,(H,16,18). The lowest BCUT2D eigenvalue weighted by molar-refractivity contribution is 0.321. The molecule has 0 unspecified atom stereocenters. The van der Waals surface area contributed by atoms with E-state index < -0.39 is 0 Å². The fourth-order valence-electron chi connectivity index (χ4n) is 2.94. The number of H-pyrrole nitrogens is 1. The Labute approximate surface area is 117 Å². The number of fused-ring (bicyclic) bond motifs is 1. The fourth-order valence-corrected chi connectivity index (χ4v) is 3.38.